The van der Waals surface area contributed by atoms with Gasteiger partial charge >= 0.3 is 0 Å². The Kier molecular flexibility index (Phi) is 4.13. The first-order valence-electron chi connectivity index (χ1n) is 5.66. The summed E-state index contributed by atoms with van der Waals surface area (Å²) in [5.41, 5.74) is 1.15. The third-order valence-corrected chi connectivity index (χ3v) is 3.16. The third kappa shape index (κ3) is 2.78. The van der Waals surface area contributed by atoms with Crippen LogP contribution in [0.5, 0.6) is 0 Å². The van der Waals surface area contributed by atoms with Gasteiger partial charge < -0.3 is 5.11 Å². The van der Waals surface area contributed by atoms with Crippen molar-refractivity contribution in [1.82, 2.24) is 0 Å². The summed E-state index contributed by atoms with van der Waals surface area (Å²) >= 11 is 6.05. The Morgan fingerprint density at radius 1 is 0.944 bits per heavy atom. The Bertz CT molecular complexity index is 511. The van der Waals surface area contributed by atoms with Crippen LogP contribution in [0.25, 0.3) is 0 Å². The highest BCUT2D eigenvalue weighted by Crippen LogP contribution is 2.23. The van der Waals surface area contributed by atoms with Crippen molar-refractivity contribution in [3.63, 3.8) is 0 Å². The van der Waals surface area contributed by atoms with Crippen molar-refractivity contribution in [2.45, 2.75) is 11.5 Å². The minimum absolute atomic E-state index is 0.270. The zero-order valence-corrected chi connectivity index (χ0v) is 10.4. The smallest absolute Gasteiger partial charge is 0.183 e. The highest BCUT2D eigenvalue weighted by atomic mass is 35.5. The van der Waals surface area contributed by atoms with E-state index in [9.17, 15) is 9.90 Å². The van der Waals surface area contributed by atoms with Crippen LogP contribution < -0.4 is 0 Å². The van der Waals surface area contributed by atoms with E-state index in [2.05, 4.69) is 0 Å². The van der Waals surface area contributed by atoms with E-state index >= 15 is 0 Å². The molecular formula is C15H13ClO2. The Morgan fingerprint density at radius 2 is 1.44 bits per heavy atom. The number of aliphatic hydroxyl groups excluding tert-OH is 1. The van der Waals surface area contributed by atoms with Crippen molar-refractivity contribution in [3.8, 4) is 0 Å². The summed E-state index contributed by atoms with van der Waals surface area (Å²) in [6.45, 7) is 0. The van der Waals surface area contributed by atoms with E-state index in [1.165, 1.54) is 0 Å². The molecule has 2 rings (SSSR count). The number of hydrogen-bond donors (Lipinski definition) is 1. The molecule has 0 bridgehead atoms. The molecule has 2 atom stereocenters. The number of hydrogen-bond acceptors (Lipinski definition) is 2. The first kappa shape index (κ1) is 12.8. The summed E-state index contributed by atoms with van der Waals surface area (Å²) in [6, 6.07) is 17.7. The number of aliphatic hydroxyl groups is 1. The number of Topliss-reactive ketones (excluding diaryl/α,β-unsaturated/α-hetero) is 1. The predicted molar refractivity (Wildman–Crippen MR) is 71.8 cm³/mol. The fourth-order valence-electron chi connectivity index (χ4n) is 1.72. The van der Waals surface area contributed by atoms with Crippen LogP contribution in [0.3, 0.4) is 0 Å². The third-order valence-electron chi connectivity index (χ3n) is 2.73. The molecule has 0 unspecified atom stereocenters. The van der Waals surface area contributed by atoms with Crippen LogP contribution in [0, 0.1) is 0 Å². The van der Waals surface area contributed by atoms with Crippen LogP contribution in [0.4, 0.5) is 0 Å². The van der Waals surface area contributed by atoms with Gasteiger partial charge in [-0.1, -0.05) is 60.7 Å². The van der Waals surface area contributed by atoms with Gasteiger partial charge in [0.25, 0.3) is 0 Å². The van der Waals surface area contributed by atoms with Crippen molar-refractivity contribution in [2.75, 3.05) is 0 Å². The molecule has 0 heterocycles. The number of halogens is 1. The minimum Gasteiger partial charge on any atom is -0.386 e. The zero-order chi connectivity index (χ0) is 13.0. The molecule has 0 aromatic heterocycles. The van der Waals surface area contributed by atoms with E-state index in [0.29, 0.717) is 11.1 Å². The monoisotopic (exact) mass is 260 g/mol. The Hall–Kier alpha value is -1.64. The van der Waals surface area contributed by atoms with Crippen LogP contribution in [0.1, 0.15) is 22.0 Å². The van der Waals surface area contributed by atoms with Gasteiger partial charge in [0.05, 0.1) is 0 Å². The summed E-state index contributed by atoms with van der Waals surface area (Å²) in [7, 11) is 0. The zero-order valence-electron chi connectivity index (χ0n) is 9.66. The molecule has 3 heteroatoms. The lowest BCUT2D eigenvalue weighted by atomic mass is 10.00. The number of benzene rings is 2. The lowest BCUT2D eigenvalue weighted by molar-refractivity contribution is 0.0891. The summed E-state index contributed by atoms with van der Waals surface area (Å²) in [6.07, 6.45) is -0.999. The largest absolute Gasteiger partial charge is 0.386 e. The number of rotatable bonds is 4. The summed E-state index contributed by atoms with van der Waals surface area (Å²) in [5.74, 6) is -0.270. The van der Waals surface area contributed by atoms with Gasteiger partial charge in [-0.05, 0) is 5.56 Å². The van der Waals surface area contributed by atoms with Crippen LogP contribution in [0.15, 0.2) is 60.7 Å². The SMILES string of the molecule is O=C(c1ccccc1)[C@H](Cl)[C@H](O)c1ccccc1. The molecule has 0 amide bonds. The lowest BCUT2D eigenvalue weighted by Gasteiger charge is -2.16. The Labute approximate surface area is 111 Å². The molecule has 2 aromatic rings. The molecule has 0 aliphatic rings. The standard InChI is InChI=1S/C15H13ClO2/c16-13(14(17)11-7-3-1-4-8-11)15(18)12-9-5-2-6-10-12/h1-10,13-14,17H/t13-,14-/m1/s1. The quantitative estimate of drug-likeness (QED) is 0.677. The summed E-state index contributed by atoms with van der Waals surface area (Å²) in [4.78, 5) is 12.1. The van der Waals surface area contributed by atoms with E-state index in [1.54, 1.807) is 48.5 Å². The van der Waals surface area contributed by atoms with Crippen LogP contribution in [-0.4, -0.2) is 16.3 Å². The van der Waals surface area contributed by atoms with Crippen molar-refractivity contribution in [2.24, 2.45) is 0 Å². The van der Waals surface area contributed by atoms with Crippen molar-refractivity contribution >= 4 is 17.4 Å². The molecule has 0 saturated heterocycles. The predicted octanol–water partition coefficient (Wildman–Crippen LogP) is 3.21. The maximum absolute atomic E-state index is 12.1. The van der Waals surface area contributed by atoms with Crippen LogP contribution in [0.2, 0.25) is 0 Å². The van der Waals surface area contributed by atoms with Crippen molar-refractivity contribution in [3.05, 3.63) is 71.8 Å². The second-order valence-corrected chi connectivity index (χ2v) is 4.46. The molecule has 2 nitrogen and oxygen atoms in total. The highest BCUT2D eigenvalue weighted by molar-refractivity contribution is 6.34. The average molecular weight is 261 g/mol. The molecular weight excluding hydrogens is 248 g/mol. The van der Waals surface area contributed by atoms with Gasteiger partial charge in [-0.2, -0.15) is 0 Å². The first-order valence-corrected chi connectivity index (χ1v) is 6.10. The second-order valence-electron chi connectivity index (χ2n) is 3.99. The van der Waals surface area contributed by atoms with E-state index in [4.69, 9.17) is 11.6 Å². The van der Waals surface area contributed by atoms with Crippen LogP contribution in [-0.2, 0) is 0 Å². The molecule has 0 spiro atoms. The maximum Gasteiger partial charge on any atom is 0.183 e. The van der Waals surface area contributed by atoms with E-state index in [0.717, 1.165) is 0 Å². The molecule has 0 fully saturated rings. The Morgan fingerprint density at radius 3 is 2.00 bits per heavy atom. The van der Waals surface area contributed by atoms with Gasteiger partial charge in [0.2, 0.25) is 0 Å². The fourth-order valence-corrected chi connectivity index (χ4v) is 2.00. The lowest BCUT2D eigenvalue weighted by Crippen LogP contribution is -2.22. The molecule has 18 heavy (non-hydrogen) atoms. The number of ketones is 1. The van der Waals surface area contributed by atoms with Gasteiger partial charge in [-0.25, -0.2) is 0 Å². The van der Waals surface area contributed by atoms with Gasteiger partial charge in [0, 0.05) is 5.56 Å². The average Bonchev–Trinajstić information content (AvgIpc) is 2.47. The van der Waals surface area contributed by atoms with Gasteiger partial charge in [-0.15, -0.1) is 11.6 Å². The molecule has 0 radical (unpaired) electrons. The van der Waals surface area contributed by atoms with Gasteiger partial charge in [-0.3, -0.25) is 4.79 Å². The molecule has 1 N–H and O–H groups in total. The molecule has 0 aliphatic carbocycles. The fraction of sp³-hybridized carbons (Fsp3) is 0.133. The number of alkyl halides is 1. The molecule has 92 valence electrons. The van der Waals surface area contributed by atoms with Crippen LogP contribution >= 0.6 is 11.6 Å². The normalized spacial score (nSPS) is 13.9. The number of carbonyl (C=O) groups excluding carboxylic acids is 1. The number of carbonyl (C=O) groups is 1. The first-order chi connectivity index (χ1) is 8.70. The summed E-state index contributed by atoms with van der Waals surface area (Å²) < 4.78 is 0. The molecule has 2 aromatic carbocycles. The molecule has 0 aliphatic heterocycles. The van der Waals surface area contributed by atoms with Crippen molar-refractivity contribution in [1.29, 1.82) is 0 Å². The van der Waals surface area contributed by atoms with E-state index in [-0.39, 0.29) is 5.78 Å². The van der Waals surface area contributed by atoms with Crippen molar-refractivity contribution < 1.29 is 9.90 Å². The van der Waals surface area contributed by atoms with E-state index < -0.39 is 11.5 Å². The Balaban J connectivity index is 2.17. The highest BCUT2D eigenvalue weighted by Gasteiger charge is 2.26. The maximum atomic E-state index is 12.1. The van der Waals surface area contributed by atoms with E-state index in [1.807, 2.05) is 12.1 Å². The topological polar surface area (TPSA) is 37.3 Å². The second kappa shape index (κ2) is 5.80. The minimum atomic E-state index is -0.999. The summed E-state index contributed by atoms with van der Waals surface area (Å²) in [5, 5.41) is 9.09. The van der Waals surface area contributed by atoms with Gasteiger partial charge in [0.1, 0.15) is 11.5 Å². The van der Waals surface area contributed by atoms with Gasteiger partial charge in [0.15, 0.2) is 5.78 Å². The molecule has 0 saturated carbocycles.